The molecule has 1 atom stereocenters. The summed E-state index contributed by atoms with van der Waals surface area (Å²) in [5.41, 5.74) is 0.746. The van der Waals surface area contributed by atoms with Crippen LogP contribution < -0.4 is 5.32 Å². The van der Waals surface area contributed by atoms with Gasteiger partial charge in [0.15, 0.2) is 0 Å². The summed E-state index contributed by atoms with van der Waals surface area (Å²) >= 11 is 6.02. The number of halogens is 1. The molecule has 1 unspecified atom stereocenters. The number of hydrogen-bond donors (Lipinski definition) is 2. The number of aliphatic hydroxyl groups is 1. The van der Waals surface area contributed by atoms with Crippen molar-refractivity contribution in [1.29, 1.82) is 0 Å². The average Bonchev–Trinajstić information content (AvgIpc) is 2.80. The van der Waals surface area contributed by atoms with Gasteiger partial charge in [-0.25, -0.2) is 0 Å². The number of aromatic nitrogens is 3. The van der Waals surface area contributed by atoms with Crippen molar-refractivity contribution in [2.24, 2.45) is 7.05 Å². The standard InChI is InChI=1S/C13H17ClN4O/c1-18-9-16-17-13(18)6-7-15-8-12(19)10-4-2-3-5-11(10)14/h2-5,9,12,15,19H,6-8H2,1H3. The van der Waals surface area contributed by atoms with E-state index in [1.807, 2.05) is 29.8 Å². The summed E-state index contributed by atoms with van der Waals surface area (Å²) in [6, 6.07) is 7.32. The first kappa shape index (κ1) is 14.0. The quantitative estimate of drug-likeness (QED) is 0.784. The Kier molecular flexibility index (Phi) is 4.90. The average molecular weight is 281 g/mol. The Morgan fingerprint density at radius 1 is 1.42 bits per heavy atom. The summed E-state index contributed by atoms with van der Waals surface area (Å²) in [5.74, 6) is 0.916. The predicted molar refractivity (Wildman–Crippen MR) is 74.0 cm³/mol. The zero-order chi connectivity index (χ0) is 13.7. The van der Waals surface area contributed by atoms with Crippen molar-refractivity contribution in [3.8, 4) is 0 Å². The van der Waals surface area contributed by atoms with Gasteiger partial charge in [-0.05, 0) is 6.07 Å². The highest BCUT2D eigenvalue weighted by molar-refractivity contribution is 6.31. The van der Waals surface area contributed by atoms with E-state index in [9.17, 15) is 5.11 Å². The molecular weight excluding hydrogens is 264 g/mol. The zero-order valence-corrected chi connectivity index (χ0v) is 11.5. The van der Waals surface area contributed by atoms with Crippen LogP contribution in [0.1, 0.15) is 17.5 Å². The molecule has 1 heterocycles. The van der Waals surface area contributed by atoms with Gasteiger partial charge >= 0.3 is 0 Å². The molecule has 5 nitrogen and oxygen atoms in total. The van der Waals surface area contributed by atoms with Crippen LogP contribution in [0.3, 0.4) is 0 Å². The molecule has 0 bridgehead atoms. The van der Waals surface area contributed by atoms with E-state index in [-0.39, 0.29) is 0 Å². The molecule has 0 aliphatic carbocycles. The van der Waals surface area contributed by atoms with Crippen LogP contribution in [0.5, 0.6) is 0 Å². The minimum absolute atomic E-state index is 0.460. The highest BCUT2D eigenvalue weighted by Crippen LogP contribution is 2.21. The second kappa shape index (κ2) is 6.65. The van der Waals surface area contributed by atoms with Crippen molar-refractivity contribution in [1.82, 2.24) is 20.1 Å². The fourth-order valence-corrected chi connectivity index (χ4v) is 2.09. The Balaban J connectivity index is 1.77. The summed E-state index contributed by atoms with van der Waals surface area (Å²) in [4.78, 5) is 0. The van der Waals surface area contributed by atoms with E-state index < -0.39 is 6.10 Å². The molecule has 2 rings (SSSR count). The number of nitrogens with one attached hydrogen (secondary N) is 1. The molecule has 6 heteroatoms. The largest absolute Gasteiger partial charge is 0.387 e. The number of aliphatic hydroxyl groups excluding tert-OH is 1. The van der Waals surface area contributed by atoms with Crippen LogP contribution in [-0.4, -0.2) is 33.0 Å². The number of benzene rings is 1. The number of aryl methyl sites for hydroxylation is 1. The van der Waals surface area contributed by atoms with Gasteiger partial charge in [-0.2, -0.15) is 0 Å². The van der Waals surface area contributed by atoms with Crippen LogP contribution in [0, 0.1) is 0 Å². The van der Waals surface area contributed by atoms with E-state index in [1.54, 1.807) is 12.4 Å². The lowest BCUT2D eigenvalue weighted by Gasteiger charge is -2.13. The minimum atomic E-state index is -0.604. The molecule has 1 aromatic heterocycles. The Morgan fingerprint density at radius 3 is 2.89 bits per heavy atom. The van der Waals surface area contributed by atoms with Gasteiger partial charge in [0, 0.05) is 37.1 Å². The molecule has 0 aliphatic rings. The number of hydrogen-bond acceptors (Lipinski definition) is 4. The van der Waals surface area contributed by atoms with E-state index >= 15 is 0 Å². The zero-order valence-electron chi connectivity index (χ0n) is 10.8. The highest BCUT2D eigenvalue weighted by Gasteiger charge is 2.10. The molecule has 0 spiro atoms. The van der Waals surface area contributed by atoms with Crippen LogP contribution in [0.4, 0.5) is 0 Å². The van der Waals surface area contributed by atoms with Gasteiger partial charge in [0.1, 0.15) is 12.2 Å². The van der Waals surface area contributed by atoms with E-state index in [4.69, 9.17) is 11.6 Å². The lowest BCUT2D eigenvalue weighted by Crippen LogP contribution is -2.24. The molecule has 0 saturated carbocycles. The Labute approximate surface area is 117 Å². The fourth-order valence-electron chi connectivity index (χ4n) is 1.83. The second-order valence-electron chi connectivity index (χ2n) is 4.35. The predicted octanol–water partition coefficient (Wildman–Crippen LogP) is 1.33. The Bertz CT molecular complexity index is 529. The smallest absolute Gasteiger partial charge is 0.133 e. The third-order valence-electron chi connectivity index (χ3n) is 2.93. The van der Waals surface area contributed by atoms with Crippen molar-refractivity contribution in [2.45, 2.75) is 12.5 Å². The summed E-state index contributed by atoms with van der Waals surface area (Å²) in [6.45, 7) is 1.19. The van der Waals surface area contributed by atoms with Gasteiger partial charge in [0.05, 0.1) is 6.10 Å². The summed E-state index contributed by atoms with van der Waals surface area (Å²) < 4.78 is 1.88. The topological polar surface area (TPSA) is 63.0 Å². The van der Waals surface area contributed by atoms with E-state index in [0.717, 1.165) is 24.4 Å². The van der Waals surface area contributed by atoms with Crippen molar-refractivity contribution in [3.05, 3.63) is 47.0 Å². The monoisotopic (exact) mass is 280 g/mol. The first-order valence-corrected chi connectivity index (χ1v) is 6.52. The van der Waals surface area contributed by atoms with Crippen LogP contribution >= 0.6 is 11.6 Å². The molecule has 0 amide bonds. The van der Waals surface area contributed by atoms with Gasteiger partial charge in [0.25, 0.3) is 0 Å². The molecule has 2 N–H and O–H groups in total. The van der Waals surface area contributed by atoms with E-state index in [2.05, 4.69) is 15.5 Å². The highest BCUT2D eigenvalue weighted by atomic mass is 35.5. The van der Waals surface area contributed by atoms with Crippen LogP contribution in [0.2, 0.25) is 5.02 Å². The van der Waals surface area contributed by atoms with Crippen molar-refractivity contribution < 1.29 is 5.11 Å². The van der Waals surface area contributed by atoms with Gasteiger partial charge < -0.3 is 15.0 Å². The summed E-state index contributed by atoms with van der Waals surface area (Å²) in [6.07, 6.45) is 1.84. The van der Waals surface area contributed by atoms with Crippen molar-refractivity contribution in [2.75, 3.05) is 13.1 Å². The lowest BCUT2D eigenvalue weighted by molar-refractivity contribution is 0.175. The van der Waals surface area contributed by atoms with Crippen LogP contribution in [-0.2, 0) is 13.5 Å². The summed E-state index contributed by atoms with van der Waals surface area (Å²) in [5, 5.41) is 21.6. The Morgan fingerprint density at radius 2 is 2.21 bits per heavy atom. The van der Waals surface area contributed by atoms with Gasteiger partial charge in [-0.1, -0.05) is 29.8 Å². The van der Waals surface area contributed by atoms with E-state index in [0.29, 0.717) is 11.6 Å². The first-order chi connectivity index (χ1) is 9.18. The molecule has 2 aromatic rings. The van der Waals surface area contributed by atoms with Crippen molar-refractivity contribution >= 4 is 11.6 Å². The second-order valence-corrected chi connectivity index (χ2v) is 4.76. The fraction of sp³-hybridized carbons (Fsp3) is 0.385. The molecular formula is C13H17ClN4O. The maximum absolute atomic E-state index is 10.0. The lowest BCUT2D eigenvalue weighted by atomic mass is 10.1. The molecule has 0 fully saturated rings. The molecule has 19 heavy (non-hydrogen) atoms. The third-order valence-corrected chi connectivity index (χ3v) is 3.28. The molecule has 1 aromatic carbocycles. The first-order valence-electron chi connectivity index (χ1n) is 6.14. The normalized spacial score (nSPS) is 12.6. The van der Waals surface area contributed by atoms with Crippen LogP contribution in [0.25, 0.3) is 0 Å². The Hall–Kier alpha value is -1.43. The van der Waals surface area contributed by atoms with Gasteiger partial charge in [-0.3, -0.25) is 0 Å². The maximum atomic E-state index is 10.0. The minimum Gasteiger partial charge on any atom is -0.387 e. The SMILES string of the molecule is Cn1cnnc1CCNCC(O)c1ccccc1Cl. The van der Waals surface area contributed by atoms with E-state index in [1.165, 1.54) is 0 Å². The number of nitrogens with zero attached hydrogens (tertiary/aromatic N) is 3. The number of rotatable bonds is 6. The van der Waals surface area contributed by atoms with Gasteiger partial charge in [0.2, 0.25) is 0 Å². The van der Waals surface area contributed by atoms with Crippen molar-refractivity contribution in [3.63, 3.8) is 0 Å². The molecule has 0 aliphatic heterocycles. The maximum Gasteiger partial charge on any atom is 0.133 e. The van der Waals surface area contributed by atoms with Crippen LogP contribution in [0.15, 0.2) is 30.6 Å². The summed E-state index contributed by atoms with van der Waals surface area (Å²) in [7, 11) is 1.91. The van der Waals surface area contributed by atoms with Gasteiger partial charge in [-0.15, -0.1) is 10.2 Å². The third kappa shape index (κ3) is 3.76. The molecule has 102 valence electrons. The molecule has 0 radical (unpaired) electrons. The molecule has 0 saturated heterocycles.